The first-order valence-corrected chi connectivity index (χ1v) is 4.13. The van der Waals surface area contributed by atoms with E-state index in [9.17, 15) is 9.59 Å². The summed E-state index contributed by atoms with van der Waals surface area (Å²) in [6.07, 6.45) is 1.46. The van der Waals surface area contributed by atoms with E-state index in [1.54, 1.807) is 0 Å². The van der Waals surface area contributed by atoms with Crippen molar-refractivity contribution in [1.29, 1.82) is 0 Å². The number of carbonyl (C=O) groups is 2. The third-order valence-corrected chi connectivity index (χ3v) is 2.20. The smallest absolute Gasteiger partial charge is 0.323 e. The molecule has 0 aliphatic carbocycles. The summed E-state index contributed by atoms with van der Waals surface area (Å²) in [6.45, 7) is 2.49. The number of carboxylic acid groups (broad SMARTS) is 1. The fourth-order valence-electron chi connectivity index (χ4n) is 1.44. The number of likely N-dealkylation sites (tertiary alicyclic amines) is 1. The molecule has 0 aromatic carbocycles. The van der Waals surface area contributed by atoms with Crippen molar-refractivity contribution in [3.8, 4) is 0 Å². The molecule has 68 valence electrons. The Labute approximate surface area is 71.2 Å². The molecule has 1 unspecified atom stereocenters. The number of carbonyl (C=O) groups excluding carboxylic acids is 1. The van der Waals surface area contributed by atoms with Crippen LogP contribution < -0.4 is 0 Å². The Balaban J connectivity index is 2.46. The summed E-state index contributed by atoms with van der Waals surface area (Å²) < 4.78 is 0. The van der Waals surface area contributed by atoms with Gasteiger partial charge in [0.05, 0.1) is 0 Å². The molecule has 0 radical (unpaired) electrons. The molecule has 1 amide bonds. The summed E-state index contributed by atoms with van der Waals surface area (Å²) in [7, 11) is 0. The molecule has 4 heteroatoms. The minimum Gasteiger partial charge on any atom is -0.480 e. The van der Waals surface area contributed by atoms with Crippen LogP contribution in [0.3, 0.4) is 0 Å². The molecule has 1 atom stereocenters. The quantitative estimate of drug-likeness (QED) is 0.665. The van der Waals surface area contributed by atoms with Crippen molar-refractivity contribution < 1.29 is 14.7 Å². The fraction of sp³-hybridized carbons (Fsp3) is 0.750. The number of aliphatic carboxylic acids is 1. The number of nitrogens with zero attached hydrogens (tertiary/aromatic N) is 1. The minimum absolute atomic E-state index is 0.0238. The third kappa shape index (κ3) is 1.96. The topological polar surface area (TPSA) is 57.6 Å². The molecule has 0 aromatic rings. The van der Waals surface area contributed by atoms with Gasteiger partial charge in [-0.05, 0) is 5.92 Å². The SMILES string of the molecule is CCC1CC(=O)N(CC(=O)O)C1. The number of hydrogen-bond acceptors (Lipinski definition) is 2. The predicted octanol–water partition coefficient (Wildman–Crippen LogP) is 0.329. The predicted molar refractivity (Wildman–Crippen MR) is 42.6 cm³/mol. The van der Waals surface area contributed by atoms with Crippen LogP contribution in [0.4, 0.5) is 0 Å². The van der Waals surface area contributed by atoms with Crippen LogP contribution in [0.15, 0.2) is 0 Å². The summed E-state index contributed by atoms with van der Waals surface area (Å²) in [6, 6.07) is 0. The first-order chi connectivity index (χ1) is 5.63. The number of rotatable bonds is 3. The van der Waals surface area contributed by atoms with E-state index in [-0.39, 0.29) is 12.5 Å². The average molecular weight is 171 g/mol. The van der Waals surface area contributed by atoms with Crippen LogP contribution in [0.2, 0.25) is 0 Å². The van der Waals surface area contributed by atoms with E-state index in [1.807, 2.05) is 6.92 Å². The van der Waals surface area contributed by atoms with E-state index < -0.39 is 5.97 Å². The highest BCUT2D eigenvalue weighted by Gasteiger charge is 2.29. The van der Waals surface area contributed by atoms with Crippen LogP contribution in [0.1, 0.15) is 19.8 Å². The molecule has 12 heavy (non-hydrogen) atoms. The maximum absolute atomic E-state index is 11.1. The highest BCUT2D eigenvalue weighted by molar-refractivity contribution is 5.83. The standard InChI is InChI=1S/C8H13NO3/c1-2-6-3-7(10)9(4-6)5-8(11)12/h6H,2-5H2,1H3,(H,11,12). The van der Waals surface area contributed by atoms with Crippen LogP contribution in [-0.4, -0.2) is 35.0 Å². The average Bonchev–Trinajstić information content (AvgIpc) is 2.31. The van der Waals surface area contributed by atoms with E-state index in [4.69, 9.17) is 5.11 Å². The normalized spacial score (nSPS) is 23.2. The highest BCUT2D eigenvalue weighted by atomic mass is 16.4. The monoisotopic (exact) mass is 171 g/mol. The molecule has 0 saturated carbocycles. The molecule has 1 rings (SSSR count). The van der Waals surface area contributed by atoms with Gasteiger partial charge in [-0.2, -0.15) is 0 Å². The van der Waals surface area contributed by atoms with Crippen LogP contribution >= 0.6 is 0 Å². The van der Waals surface area contributed by atoms with Crippen molar-refractivity contribution >= 4 is 11.9 Å². The Kier molecular flexibility index (Phi) is 2.68. The molecule has 1 aliphatic heterocycles. The second-order valence-corrected chi connectivity index (χ2v) is 3.15. The van der Waals surface area contributed by atoms with Crippen molar-refractivity contribution in [3.05, 3.63) is 0 Å². The van der Waals surface area contributed by atoms with Gasteiger partial charge >= 0.3 is 5.97 Å². The molecule has 0 spiro atoms. The largest absolute Gasteiger partial charge is 0.480 e. The summed E-state index contributed by atoms with van der Waals surface area (Å²) in [5.41, 5.74) is 0. The van der Waals surface area contributed by atoms with Gasteiger partial charge in [-0.15, -0.1) is 0 Å². The van der Waals surface area contributed by atoms with Crippen molar-refractivity contribution in [2.75, 3.05) is 13.1 Å². The molecular weight excluding hydrogens is 158 g/mol. The first-order valence-electron chi connectivity index (χ1n) is 4.13. The zero-order valence-corrected chi connectivity index (χ0v) is 7.12. The van der Waals surface area contributed by atoms with E-state index >= 15 is 0 Å². The Morgan fingerprint density at radius 3 is 2.83 bits per heavy atom. The van der Waals surface area contributed by atoms with Gasteiger partial charge in [0.2, 0.25) is 5.91 Å². The number of hydrogen-bond donors (Lipinski definition) is 1. The zero-order valence-electron chi connectivity index (χ0n) is 7.12. The molecule has 1 heterocycles. The first kappa shape index (κ1) is 9.03. The van der Waals surface area contributed by atoms with Gasteiger partial charge in [0.15, 0.2) is 0 Å². The van der Waals surface area contributed by atoms with E-state index in [0.29, 0.717) is 18.9 Å². The lowest BCUT2D eigenvalue weighted by atomic mass is 10.1. The van der Waals surface area contributed by atoms with Crippen LogP contribution in [0.5, 0.6) is 0 Å². The Morgan fingerprint density at radius 2 is 2.42 bits per heavy atom. The number of carboxylic acids is 1. The lowest BCUT2D eigenvalue weighted by Gasteiger charge is -2.12. The zero-order chi connectivity index (χ0) is 9.14. The van der Waals surface area contributed by atoms with Gasteiger partial charge in [-0.1, -0.05) is 13.3 Å². The lowest BCUT2D eigenvalue weighted by molar-refractivity contribution is -0.142. The summed E-state index contributed by atoms with van der Waals surface area (Å²) in [5.74, 6) is -0.596. The molecule has 4 nitrogen and oxygen atoms in total. The van der Waals surface area contributed by atoms with Crippen LogP contribution in [0, 0.1) is 5.92 Å². The van der Waals surface area contributed by atoms with Gasteiger partial charge in [-0.25, -0.2) is 0 Å². The Bertz CT molecular complexity index is 202. The Hall–Kier alpha value is -1.06. The van der Waals surface area contributed by atoms with Crippen molar-refractivity contribution in [2.24, 2.45) is 5.92 Å². The van der Waals surface area contributed by atoms with Gasteiger partial charge in [-0.3, -0.25) is 9.59 Å². The minimum atomic E-state index is -0.930. The fourth-order valence-corrected chi connectivity index (χ4v) is 1.44. The maximum Gasteiger partial charge on any atom is 0.323 e. The summed E-state index contributed by atoms with van der Waals surface area (Å²) >= 11 is 0. The summed E-state index contributed by atoms with van der Waals surface area (Å²) in [4.78, 5) is 22.9. The van der Waals surface area contributed by atoms with Gasteiger partial charge < -0.3 is 10.0 Å². The molecule has 0 aromatic heterocycles. The van der Waals surface area contributed by atoms with Crippen molar-refractivity contribution in [3.63, 3.8) is 0 Å². The van der Waals surface area contributed by atoms with E-state index in [0.717, 1.165) is 6.42 Å². The van der Waals surface area contributed by atoms with Crippen molar-refractivity contribution in [1.82, 2.24) is 4.90 Å². The molecule has 1 fully saturated rings. The molecular formula is C8H13NO3. The van der Waals surface area contributed by atoms with E-state index in [1.165, 1.54) is 4.90 Å². The summed E-state index contributed by atoms with van der Waals surface area (Å²) in [5, 5.41) is 8.46. The van der Waals surface area contributed by atoms with Gasteiger partial charge in [0, 0.05) is 13.0 Å². The molecule has 1 N–H and O–H groups in total. The maximum atomic E-state index is 11.1. The second-order valence-electron chi connectivity index (χ2n) is 3.15. The highest BCUT2D eigenvalue weighted by Crippen LogP contribution is 2.19. The van der Waals surface area contributed by atoms with Crippen LogP contribution in [0.25, 0.3) is 0 Å². The Morgan fingerprint density at radius 1 is 1.75 bits per heavy atom. The second kappa shape index (κ2) is 3.56. The van der Waals surface area contributed by atoms with Gasteiger partial charge in [0.25, 0.3) is 0 Å². The third-order valence-electron chi connectivity index (χ3n) is 2.20. The van der Waals surface area contributed by atoms with Crippen molar-refractivity contribution in [2.45, 2.75) is 19.8 Å². The number of amides is 1. The van der Waals surface area contributed by atoms with Gasteiger partial charge in [0.1, 0.15) is 6.54 Å². The molecule has 1 aliphatic rings. The molecule has 0 bridgehead atoms. The van der Waals surface area contributed by atoms with Crippen LogP contribution in [-0.2, 0) is 9.59 Å². The lowest BCUT2D eigenvalue weighted by Crippen LogP contribution is -2.30. The van der Waals surface area contributed by atoms with E-state index in [2.05, 4.69) is 0 Å². The molecule has 1 saturated heterocycles.